The second-order valence-corrected chi connectivity index (χ2v) is 8.20. The molecule has 3 aromatic rings. The van der Waals surface area contributed by atoms with Gasteiger partial charge in [-0.15, -0.1) is 19.0 Å². The molecule has 3 rings (SSSR count). The Hall–Kier alpha value is -2.78. The molecule has 0 aliphatic heterocycles. The van der Waals surface area contributed by atoms with Crippen LogP contribution in [0.4, 0.5) is 17.6 Å². The molecule has 1 N–H and O–H groups in total. The number of aromatic nitrogens is 5. The van der Waals surface area contributed by atoms with Crippen molar-refractivity contribution >= 4 is 26.4 Å². The average molecular weight is 485 g/mol. The van der Waals surface area contributed by atoms with Gasteiger partial charge in [0, 0.05) is 13.1 Å². The van der Waals surface area contributed by atoms with E-state index in [1.165, 1.54) is 6.08 Å². The summed E-state index contributed by atoms with van der Waals surface area (Å²) >= 11 is 0. The number of imidazole rings is 1. The normalized spacial score (nSPS) is 13.5. The van der Waals surface area contributed by atoms with Crippen molar-refractivity contribution in [1.29, 1.82) is 0 Å². The van der Waals surface area contributed by atoms with Crippen molar-refractivity contribution < 1.29 is 22.7 Å². The summed E-state index contributed by atoms with van der Waals surface area (Å²) in [6, 6.07) is 5.35. The van der Waals surface area contributed by atoms with Crippen molar-refractivity contribution in [3.8, 4) is 5.95 Å². The molecule has 0 spiro atoms. The van der Waals surface area contributed by atoms with E-state index in [-0.39, 0.29) is 24.0 Å². The van der Waals surface area contributed by atoms with Crippen molar-refractivity contribution in [2.24, 2.45) is 5.92 Å². The molecule has 1 aromatic carbocycles. The fourth-order valence-corrected chi connectivity index (χ4v) is 3.81. The number of aliphatic hydroxyl groups excluding tert-OH is 1. The molecule has 0 saturated carbocycles. The zero-order valence-electron chi connectivity index (χ0n) is 18.3. The number of benzene rings is 1. The number of hydrogen-bond donors (Lipinski definition) is 1. The van der Waals surface area contributed by atoms with Gasteiger partial charge in [0.15, 0.2) is 5.82 Å². The van der Waals surface area contributed by atoms with E-state index >= 15 is 4.39 Å². The van der Waals surface area contributed by atoms with Crippen molar-refractivity contribution in [3.05, 3.63) is 57.5 Å². The first kappa shape index (κ1) is 24.9. The van der Waals surface area contributed by atoms with Gasteiger partial charge < -0.3 is 9.67 Å². The molecule has 12 heteroatoms. The van der Waals surface area contributed by atoms with Gasteiger partial charge in [0.05, 0.1) is 17.8 Å². The SMILES string of the molecule is CCn1c(CO)nn(-c2ncc(/C(F)=C/c3c(C)cccc3P)n2C[C@@H](C)C(F)(F)F)c1=O. The molecular formula is C21H24F4N5O2P. The Balaban J connectivity index is 2.21. The van der Waals surface area contributed by atoms with Gasteiger partial charge in [-0.05, 0) is 36.4 Å². The number of aliphatic hydroxyl groups is 1. The highest BCUT2D eigenvalue weighted by molar-refractivity contribution is 7.27. The molecule has 33 heavy (non-hydrogen) atoms. The highest BCUT2D eigenvalue weighted by atomic mass is 31.0. The minimum absolute atomic E-state index is 0.0195. The fourth-order valence-electron chi connectivity index (χ4n) is 3.39. The van der Waals surface area contributed by atoms with Crippen molar-refractivity contribution in [1.82, 2.24) is 23.9 Å². The van der Waals surface area contributed by atoms with Crippen molar-refractivity contribution in [2.45, 2.75) is 46.6 Å². The minimum Gasteiger partial charge on any atom is -0.388 e. The van der Waals surface area contributed by atoms with Crippen LogP contribution in [0.2, 0.25) is 0 Å². The van der Waals surface area contributed by atoms with Gasteiger partial charge in [-0.3, -0.25) is 4.57 Å². The Morgan fingerprint density at radius 2 is 2.00 bits per heavy atom. The van der Waals surface area contributed by atoms with E-state index in [4.69, 9.17) is 0 Å². The van der Waals surface area contributed by atoms with Gasteiger partial charge in [0.25, 0.3) is 0 Å². The maximum absolute atomic E-state index is 15.4. The third-order valence-electron chi connectivity index (χ3n) is 5.31. The van der Waals surface area contributed by atoms with Crippen molar-refractivity contribution in [3.63, 3.8) is 0 Å². The molecule has 7 nitrogen and oxygen atoms in total. The third kappa shape index (κ3) is 4.94. The molecule has 0 saturated heterocycles. The summed E-state index contributed by atoms with van der Waals surface area (Å²) in [7, 11) is 2.49. The van der Waals surface area contributed by atoms with Crippen LogP contribution >= 0.6 is 9.24 Å². The van der Waals surface area contributed by atoms with Gasteiger partial charge in [-0.2, -0.15) is 13.2 Å². The molecular weight excluding hydrogens is 461 g/mol. The molecule has 2 heterocycles. The van der Waals surface area contributed by atoms with Crippen LogP contribution in [-0.2, 0) is 19.7 Å². The maximum Gasteiger partial charge on any atom is 0.393 e. The Labute approximate surface area is 189 Å². The molecule has 0 aliphatic carbocycles. The van der Waals surface area contributed by atoms with E-state index in [1.54, 1.807) is 32.0 Å². The van der Waals surface area contributed by atoms with Crippen LogP contribution < -0.4 is 11.0 Å². The molecule has 0 amide bonds. The van der Waals surface area contributed by atoms with E-state index in [0.29, 0.717) is 10.9 Å². The average Bonchev–Trinajstić information content (AvgIpc) is 3.30. The standard InChI is InChI=1S/C21H24F4N5O2P/c1-4-28-18(11-31)27-30(20(28)32)19-26-9-16(29(19)10-13(3)21(23,24)25)15(22)8-14-12(2)6-5-7-17(14)33/h5-9,13,31H,4,10-11,33H2,1-3H3/b15-8-/t13-/m1/s1. The Morgan fingerprint density at radius 3 is 2.55 bits per heavy atom. The van der Waals surface area contributed by atoms with Crippen molar-refractivity contribution in [2.75, 3.05) is 0 Å². The first-order chi connectivity index (χ1) is 15.5. The van der Waals surface area contributed by atoms with Crippen LogP contribution in [0, 0.1) is 12.8 Å². The molecule has 178 valence electrons. The summed E-state index contributed by atoms with van der Waals surface area (Å²) in [5.74, 6) is -2.92. The zero-order chi connectivity index (χ0) is 24.5. The highest BCUT2D eigenvalue weighted by Gasteiger charge is 2.37. The predicted molar refractivity (Wildman–Crippen MR) is 120 cm³/mol. The van der Waals surface area contributed by atoms with Crippen LogP contribution in [0.3, 0.4) is 0 Å². The largest absolute Gasteiger partial charge is 0.393 e. The molecule has 0 bridgehead atoms. The second-order valence-electron chi connectivity index (χ2n) is 7.58. The van der Waals surface area contributed by atoms with E-state index < -0.39 is 36.8 Å². The highest BCUT2D eigenvalue weighted by Crippen LogP contribution is 2.30. The van der Waals surface area contributed by atoms with Crippen LogP contribution in [0.5, 0.6) is 0 Å². The second kappa shape index (κ2) is 9.61. The number of hydrogen-bond acceptors (Lipinski definition) is 4. The summed E-state index contributed by atoms with van der Waals surface area (Å²) in [5, 5.41) is 14.2. The monoisotopic (exact) mass is 485 g/mol. The molecule has 0 fully saturated rings. The lowest BCUT2D eigenvalue weighted by atomic mass is 10.1. The lowest BCUT2D eigenvalue weighted by molar-refractivity contribution is -0.172. The van der Waals surface area contributed by atoms with Crippen LogP contribution in [0.15, 0.2) is 29.2 Å². The summed E-state index contributed by atoms with van der Waals surface area (Å²) < 4.78 is 58.4. The van der Waals surface area contributed by atoms with Gasteiger partial charge >= 0.3 is 11.9 Å². The van der Waals surface area contributed by atoms with Gasteiger partial charge in [0.1, 0.15) is 12.4 Å². The molecule has 0 aliphatic rings. The van der Waals surface area contributed by atoms with E-state index in [0.717, 1.165) is 32.5 Å². The molecule has 0 radical (unpaired) electrons. The number of alkyl halides is 3. The summed E-state index contributed by atoms with van der Waals surface area (Å²) in [6.45, 7) is 3.34. The Kier molecular flexibility index (Phi) is 7.23. The first-order valence-corrected chi connectivity index (χ1v) is 10.7. The zero-order valence-corrected chi connectivity index (χ0v) is 19.4. The first-order valence-electron chi connectivity index (χ1n) is 10.1. The summed E-state index contributed by atoms with van der Waals surface area (Å²) in [4.78, 5) is 16.8. The number of aryl methyl sites for hydroxylation is 1. The van der Waals surface area contributed by atoms with Gasteiger partial charge in [-0.1, -0.05) is 25.1 Å². The van der Waals surface area contributed by atoms with E-state index in [1.807, 2.05) is 0 Å². The van der Waals surface area contributed by atoms with Crippen LogP contribution in [0.25, 0.3) is 17.9 Å². The smallest absolute Gasteiger partial charge is 0.388 e. The number of halogens is 4. The van der Waals surface area contributed by atoms with Gasteiger partial charge in [-0.25, -0.2) is 14.2 Å². The lowest BCUT2D eigenvalue weighted by Gasteiger charge is -2.19. The van der Waals surface area contributed by atoms with E-state index in [9.17, 15) is 23.1 Å². The maximum atomic E-state index is 15.4. The summed E-state index contributed by atoms with van der Waals surface area (Å²) in [5.41, 5.74) is 0.415. The summed E-state index contributed by atoms with van der Waals surface area (Å²) in [6.07, 6.45) is -2.26. The quantitative estimate of drug-likeness (QED) is 0.412. The topological polar surface area (TPSA) is 77.9 Å². The fraction of sp³-hybridized carbons (Fsp3) is 0.381. The number of rotatable bonds is 7. The molecule has 2 atom stereocenters. The lowest BCUT2D eigenvalue weighted by Crippen LogP contribution is -2.29. The molecule has 1 unspecified atom stereocenters. The minimum atomic E-state index is -4.55. The van der Waals surface area contributed by atoms with Crippen LogP contribution in [0.1, 0.15) is 36.5 Å². The predicted octanol–water partition coefficient (Wildman–Crippen LogP) is 3.22. The Morgan fingerprint density at radius 1 is 1.30 bits per heavy atom. The Bertz CT molecular complexity index is 1220. The van der Waals surface area contributed by atoms with Gasteiger partial charge in [0.2, 0.25) is 5.95 Å². The van der Waals surface area contributed by atoms with Crippen LogP contribution in [-0.4, -0.2) is 35.2 Å². The number of nitrogens with zero attached hydrogens (tertiary/aromatic N) is 5. The third-order valence-corrected chi connectivity index (χ3v) is 5.81. The molecule has 2 aromatic heterocycles. The van der Waals surface area contributed by atoms with E-state index in [2.05, 4.69) is 19.3 Å².